The summed E-state index contributed by atoms with van der Waals surface area (Å²) in [6, 6.07) is 9.08. The number of ether oxygens (including phenoxy) is 1. The van der Waals surface area contributed by atoms with Crippen LogP contribution in [0.4, 0.5) is 4.79 Å². The minimum absolute atomic E-state index is 0.0836. The predicted molar refractivity (Wildman–Crippen MR) is 145 cm³/mol. The molecular formula is C28H33N5O8. The summed E-state index contributed by atoms with van der Waals surface area (Å²) in [5.74, 6) is 3.30. The van der Waals surface area contributed by atoms with Gasteiger partial charge >= 0.3 is 12.1 Å². The molecule has 2 heterocycles. The third-order valence-electron chi connectivity index (χ3n) is 5.75. The monoisotopic (exact) mass is 567 g/mol. The van der Waals surface area contributed by atoms with E-state index < -0.39 is 35.6 Å². The molecule has 0 radical (unpaired) electrons. The molecule has 1 atom stereocenters. The number of nitrogens with one attached hydrogen (secondary N) is 1. The summed E-state index contributed by atoms with van der Waals surface area (Å²) in [5.41, 5.74) is -0.591. The fourth-order valence-corrected chi connectivity index (χ4v) is 3.79. The fourth-order valence-electron chi connectivity index (χ4n) is 3.79. The Bertz CT molecular complexity index is 1310. The highest BCUT2D eigenvalue weighted by Gasteiger charge is 2.31. The number of aliphatic carboxylic acids is 1. The number of aliphatic hydroxyl groups is 1. The number of piperazine rings is 1. The highest BCUT2D eigenvalue weighted by Crippen LogP contribution is 2.16. The van der Waals surface area contributed by atoms with Gasteiger partial charge in [-0.05, 0) is 33.1 Å². The van der Waals surface area contributed by atoms with Crippen molar-refractivity contribution in [3.05, 3.63) is 47.8 Å². The molecule has 0 saturated carbocycles. The number of carboxylic acids is 1. The van der Waals surface area contributed by atoms with Gasteiger partial charge in [-0.15, -0.1) is 5.06 Å². The summed E-state index contributed by atoms with van der Waals surface area (Å²) in [5, 5.41) is 23.2. The predicted octanol–water partition coefficient (Wildman–Crippen LogP) is 1.46. The Morgan fingerprint density at radius 3 is 2.39 bits per heavy atom. The van der Waals surface area contributed by atoms with Crippen molar-refractivity contribution in [2.45, 2.75) is 45.3 Å². The zero-order valence-corrected chi connectivity index (χ0v) is 23.1. The normalized spacial score (nSPS) is 14.3. The van der Waals surface area contributed by atoms with E-state index in [-0.39, 0.29) is 62.8 Å². The summed E-state index contributed by atoms with van der Waals surface area (Å²) < 4.78 is 4.76. The van der Waals surface area contributed by atoms with Crippen molar-refractivity contribution in [3.63, 3.8) is 0 Å². The van der Waals surface area contributed by atoms with E-state index in [0.717, 1.165) is 0 Å². The molecule has 1 aromatic carbocycles. The second kappa shape index (κ2) is 14.2. The summed E-state index contributed by atoms with van der Waals surface area (Å²) in [7, 11) is 0. The van der Waals surface area contributed by atoms with Crippen LogP contribution in [0.3, 0.4) is 0 Å². The average Bonchev–Trinajstić information content (AvgIpc) is 2.94. The van der Waals surface area contributed by atoms with Crippen LogP contribution in [0, 0.1) is 11.8 Å². The van der Waals surface area contributed by atoms with Crippen LogP contribution in [0.2, 0.25) is 0 Å². The van der Waals surface area contributed by atoms with Crippen LogP contribution in [0.1, 0.15) is 49.8 Å². The van der Waals surface area contributed by atoms with Crippen molar-refractivity contribution >= 4 is 23.9 Å². The Balaban J connectivity index is 1.81. The van der Waals surface area contributed by atoms with E-state index in [4.69, 9.17) is 9.57 Å². The number of carboxylic acid groups (broad SMARTS) is 1. The molecule has 0 spiro atoms. The molecule has 218 valence electrons. The lowest BCUT2D eigenvalue weighted by molar-refractivity contribution is -0.157. The van der Waals surface area contributed by atoms with Crippen molar-refractivity contribution in [1.82, 2.24) is 25.2 Å². The van der Waals surface area contributed by atoms with Gasteiger partial charge in [0, 0.05) is 31.1 Å². The van der Waals surface area contributed by atoms with E-state index >= 15 is 0 Å². The largest absolute Gasteiger partial charge is 0.527 e. The van der Waals surface area contributed by atoms with Gasteiger partial charge in [0.15, 0.2) is 5.82 Å². The van der Waals surface area contributed by atoms with E-state index in [2.05, 4.69) is 27.1 Å². The van der Waals surface area contributed by atoms with E-state index in [0.29, 0.717) is 5.56 Å². The summed E-state index contributed by atoms with van der Waals surface area (Å²) in [4.78, 5) is 64.9. The number of nitrogens with zero attached hydrogens (tertiary/aromatic N) is 4. The molecule has 1 aliphatic heterocycles. The standard InChI is InChI=1S/C28H33N5O8/c1-4-40-27(38)41-33-16-14-32(15-17-33)26(37)21(10-11-23(34)35)31-25(36)22-18-20(12-13-28(2,3)39)29-24(30-22)19-8-6-5-7-9-19/h5-9,18,21,39H,4,10-11,14-17H2,1-3H3,(H,31,36)(H,34,35)/t21-/m0/s1. The van der Waals surface area contributed by atoms with Gasteiger partial charge in [0.25, 0.3) is 5.91 Å². The number of aromatic nitrogens is 2. The zero-order chi connectivity index (χ0) is 30.0. The van der Waals surface area contributed by atoms with Crippen LogP contribution < -0.4 is 5.32 Å². The Kier molecular flexibility index (Phi) is 10.7. The number of carbonyl (C=O) groups excluding carboxylic acids is 3. The number of hydrogen-bond donors (Lipinski definition) is 3. The molecule has 1 aromatic heterocycles. The highest BCUT2D eigenvalue weighted by atomic mass is 16.8. The number of amides is 2. The minimum atomic E-state index is -1.31. The van der Waals surface area contributed by atoms with Crippen LogP contribution in [-0.4, -0.2) is 98.5 Å². The molecule has 13 heteroatoms. The third-order valence-corrected chi connectivity index (χ3v) is 5.75. The van der Waals surface area contributed by atoms with Crippen LogP contribution in [0.15, 0.2) is 36.4 Å². The first-order valence-electron chi connectivity index (χ1n) is 13.1. The average molecular weight is 568 g/mol. The number of benzene rings is 1. The van der Waals surface area contributed by atoms with Gasteiger partial charge < -0.3 is 30.0 Å². The maximum atomic E-state index is 13.4. The number of hydrogen-bond acceptors (Lipinski definition) is 10. The van der Waals surface area contributed by atoms with E-state index in [1.54, 1.807) is 31.2 Å². The number of hydroxylamine groups is 2. The van der Waals surface area contributed by atoms with Gasteiger partial charge in [-0.3, -0.25) is 14.4 Å². The van der Waals surface area contributed by atoms with Gasteiger partial charge in [0.1, 0.15) is 23.0 Å². The van der Waals surface area contributed by atoms with Crippen molar-refractivity contribution in [2.75, 3.05) is 32.8 Å². The Labute approximate surface area is 237 Å². The van der Waals surface area contributed by atoms with Crippen LogP contribution in [0.5, 0.6) is 0 Å². The lowest BCUT2D eigenvalue weighted by Gasteiger charge is -2.35. The lowest BCUT2D eigenvalue weighted by Crippen LogP contribution is -2.55. The zero-order valence-electron chi connectivity index (χ0n) is 23.1. The summed E-state index contributed by atoms with van der Waals surface area (Å²) in [6.45, 7) is 5.61. The smallest absolute Gasteiger partial charge is 0.481 e. The Hall–Kier alpha value is -4.54. The lowest BCUT2D eigenvalue weighted by atomic mass is 10.1. The first-order chi connectivity index (χ1) is 19.4. The number of rotatable bonds is 9. The van der Waals surface area contributed by atoms with Crippen molar-refractivity contribution in [1.29, 1.82) is 0 Å². The van der Waals surface area contributed by atoms with Crippen molar-refractivity contribution < 1.29 is 39.0 Å². The molecular weight excluding hydrogens is 534 g/mol. The van der Waals surface area contributed by atoms with Crippen molar-refractivity contribution in [2.24, 2.45) is 0 Å². The molecule has 13 nitrogen and oxygen atoms in total. The SMILES string of the molecule is CCOC(=O)ON1CCN(C(=O)[C@H](CCC(=O)O)NC(=O)c2cc(C#CC(C)(C)O)nc(-c3ccccc3)n2)CC1. The first-order valence-corrected chi connectivity index (χ1v) is 13.1. The van der Waals surface area contributed by atoms with Crippen LogP contribution in [-0.2, 0) is 19.2 Å². The van der Waals surface area contributed by atoms with E-state index in [9.17, 15) is 29.4 Å². The van der Waals surface area contributed by atoms with Gasteiger partial charge in [-0.2, -0.15) is 0 Å². The molecule has 1 fully saturated rings. The number of carbonyl (C=O) groups is 4. The fraction of sp³-hybridized carbons (Fsp3) is 0.429. The maximum absolute atomic E-state index is 13.4. The first kappa shape index (κ1) is 31.0. The molecule has 41 heavy (non-hydrogen) atoms. The second-order valence-electron chi connectivity index (χ2n) is 9.62. The Morgan fingerprint density at radius 1 is 1.10 bits per heavy atom. The molecule has 3 N–H and O–H groups in total. The van der Waals surface area contributed by atoms with Gasteiger partial charge in [-0.1, -0.05) is 36.3 Å². The third kappa shape index (κ3) is 9.86. The molecule has 2 aromatic rings. The van der Waals surface area contributed by atoms with Gasteiger partial charge in [-0.25, -0.2) is 14.8 Å². The molecule has 0 bridgehead atoms. The second-order valence-corrected chi connectivity index (χ2v) is 9.62. The topological polar surface area (TPSA) is 171 Å². The molecule has 3 rings (SSSR count). The van der Waals surface area contributed by atoms with Crippen LogP contribution in [0.25, 0.3) is 11.4 Å². The highest BCUT2D eigenvalue weighted by molar-refractivity contribution is 5.96. The summed E-state index contributed by atoms with van der Waals surface area (Å²) >= 11 is 0. The minimum Gasteiger partial charge on any atom is -0.481 e. The molecule has 2 amide bonds. The molecule has 0 aliphatic carbocycles. The molecule has 1 aliphatic rings. The van der Waals surface area contributed by atoms with Gasteiger partial charge in [0.05, 0.1) is 19.7 Å². The van der Waals surface area contributed by atoms with E-state index in [1.807, 2.05) is 6.07 Å². The van der Waals surface area contributed by atoms with Gasteiger partial charge in [0.2, 0.25) is 5.91 Å². The molecule has 0 unspecified atom stereocenters. The Morgan fingerprint density at radius 2 is 1.78 bits per heavy atom. The quantitative estimate of drug-likeness (QED) is 0.296. The van der Waals surface area contributed by atoms with E-state index in [1.165, 1.54) is 29.9 Å². The maximum Gasteiger partial charge on any atom is 0.527 e. The van der Waals surface area contributed by atoms with Crippen molar-refractivity contribution in [3.8, 4) is 23.2 Å². The summed E-state index contributed by atoms with van der Waals surface area (Å²) in [6.07, 6.45) is -1.35. The molecule has 1 saturated heterocycles. The van der Waals surface area contributed by atoms with Crippen LogP contribution >= 0.6 is 0 Å².